The van der Waals surface area contributed by atoms with Crippen LogP contribution in [0.25, 0.3) is 0 Å². The summed E-state index contributed by atoms with van der Waals surface area (Å²) >= 11 is 0. The Hall–Kier alpha value is -3.58. The highest BCUT2D eigenvalue weighted by atomic mass is 32.2. The lowest BCUT2D eigenvalue weighted by Gasteiger charge is -2.07. The van der Waals surface area contributed by atoms with Crippen molar-refractivity contribution < 1.29 is 36.2 Å². The molecule has 3 aromatic rings. The minimum Gasteiger partial charge on any atom is -0.507 e. The first-order valence-corrected chi connectivity index (χ1v) is 12.4. The molecule has 0 fully saturated rings. The number of phenolic OH excluding ortho intramolecular Hbond substituents is 2. The summed E-state index contributed by atoms with van der Waals surface area (Å²) in [7, 11) is -8.99. The molecule has 0 aliphatic heterocycles. The lowest BCUT2D eigenvalue weighted by atomic mass is 10.1. The highest BCUT2D eigenvalue weighted by Gasteiger charge is 2.16. The molecule has 34 heavy (non-hydrogen) atoms. The summed E-state index contributed by atoms with van der Waals surface area (Å²) in [5.74, 6) is -0.445. The zero-order valence-corrected chi connectivity index (χ0v) is 19.5. The predicted octanol–water partition coefficient (Wildman–Crippen LogP) is 3.71. The van der Waals surface area contributed by atoms with Gasteiger partial charge in [0.1, 0.15) is 11.5 Å². The van der Waals surface area contributed by atoms with Gasteiger partial charge in [-0.05, 0) is 61.4 Å². The van der Waals surface area contributed by atoms with Crippen LogP contribution in [0.15, 0.2) is 68.3 Å². The number of hydrogen-bond donors (Lipinski definition) is 4. The van der Waals surface area contributed by atoms with Gasteiger partial charge >= 0.3 is 0 Å². The maximum absolute atomic E-state index is 11.5. The van der Waals surface area contributed by atoms with Gasteiger partial charge in [-0.15, -0.1) is 0 Å². The minimum atomic E-state index is -4.50. The summed E-state index contributed by atoms with van der Waals surface area (Å²) in [6, 6.07) is 10.9. The lowest BCUT2D eigenvalue weighted by molar-refractivity contribution is 0.466. The Morgan fingerprint density at radius 1 is 0.676 bits per heavy atom. The van der Waals surface area contributed by atoms with Crippen molar-refractivity contribution in [1.29, 1.82) is 0 Å². The predicted molar refractivity (Wildman–Crippen MR) is 126 cm³/mol. The van der Waals surface area contributed by atoms with Crippen molar-refractivity contribution in [1.82, 2.24) is 0 Å². The van der Waals surface area contributed by atoms with E-state index in [4.69, 9.17) is 0 Å². The van der Waals surface area contributed by atoms with Crippen LogP contribution in [-0.2, 0) is 20.2 Å². The monoisotopic (exact) mass is 504 g/mol. The topological polar surface area (TPSA) is 174 Å². The number of hydrogen-bond acceptors (Lipinski definition) is 8. The molecule has 0 heterocycles. The van der Waals surface area contributed by atoms with Gasteiger partial charge in [0.15, 0.2) is 0 Å². The number of benzene rings is 3. The van der Waals surface area contributed by atoms with Crippen LogP contribution in [0.2, 0.25) is 0 Å². The number of rotatable bonds is 6. The van der Waals surface area contributed by atoms with E-state index in [-0.39, 0.29) is 33.8 Å². The summed E-state index contributed by atoms with van der Waals surface area (Å²) < 4.78 is 64.5. The van der Waals surface area contributed by atoms with Gasteiger partial charge in [0.25, 0.3) is 20.2 Å². The highest BCUT2D eigenvalue weighted by molar-refractivity contribution is 7.86. The van der Waals surface area contributed by atoms with Gasteiger partial charge in [-0.1, -0.05) is 12.1 Å². The minimum absolute atomic E-state index is 0.0422. The van der Waals surface area contributed by atoms with Gasteiger partial charge in [0.05, 0.1) is 21.2 Å². The van der Waals surface area contributed by atoms with Crippen LogP contribution >= 0.6 is 0 Å². The molecule has 0 amide bonds. The average Bonchev–Trinajstić information content (AvgIpc) is 2.74. The average molecular weight is 505 g/mol. The number of phenols is 2. The first kappa shape index (κ1) is 25.1. The molecule has 0 radical (unpaired) electrons. The second-order valence-corrected chi connectivity index (χ2v) is 10.2. The molecule has 10 nitrogen and oxygen atoms in total. The molecule has 0 spiro atoms. The highest BCUT2D eigenvalue weighted by Crippen LogP contribution is 2.31. The fraction of sp³-hybridized carbons (Fsp3) is 0.0909. The van der Waals surface area contributed by atoms with Crippen molar-refractivity contribution in [3.63, 3.8) is 0 Å². The maximum Gasteiger partial charge on any atom is 0.294 e. The smallest absolute Gasteiger partial charge is 0.294 e. The van der Waals surface area contributed by atoms with Gasteiger partial charge in [-0.3, -0.25) is 19.1 Å². The summed E-state index contributed by atoms with van der Waals surface area (Å²) in [5.41, 5.74) is 1.12. The van der Waals surface area contributed by atoms with Crippen molar-refractivity contribution in [2.75, 3.05) is 0 Å². The summed E-state index contributed by atoms with van der Waals surface area (Å²) in [4.78, 5) is 7.67. The van der Waals surface area contributed by atoms with E-state index >= 15 is 0 Å². The molecule has 4 N–H and O–H groups in total. The van der Waals surface area contributed by atoms with Crippen molar-refractivity contribution in [3.05, 3.63) is 70.8 Å². The third-order valence-corrected chi connectivity index (χ3v) is 6.43. The van der Waals surface area contributed by atoms with E-state index in [1.807, 2.05) is 0 Å². The molecule has 0 atom stereocenters. The fourth-order valence-electron chi connectivity index (χ4n) is 3.00. The van der Waals surface area contributed by atoms with Crippen LogP contribution in [0, 0.1) is 13.8 Å². The number of aliphatic imine (C=N–C) groups is 2. The van der Waals surface area contributed by atoms with Gasteiger partial charge in [0.2, 0.25) is 0 Å². The Bertz CT molecular complexity index is 1430. The Morgan fingerprint density at radius 2 is 1.03 bits per heavy atom. The molecule has 0 saturated heterocycles. The molecule has 12 heteroatoms. The molecule has 0 saturated carbocycles. The number of para-hydroxylation sites is 2. The van der Waals surface area contributed by atoms with Gasteiger partial charge in [0, 0.05) is 23.6 Å². The van der Waals surface area contributed by atoms with Crippen LogP contribution in [0.1, 0.15) is 22.3 Å². The van der Waals surface area contributed by atoms with E-state index in [1.165, 1.54) is 26.3 Å². The number of nitrogens with zero attached hydrogens (tertiary/aromatic N) is 2. The van der Waals surface area contributed by atoms with E-state index in [1.54, 1.807) is 24.3 Å². The Balaban J connectivity index is 2.02. The molecule has 0 aromatic heterocycles. The molecule has 0 aliphatic rings. The first-order valence-electron chi connectivity index (χ1n) is 9.56. The Morgan fingerprint density at radius 3 is 1.35 bits per heavy atom. The van der Waals surface area contributed by atoms with Gasteiger partial charge < -0.3 is 10.2 Å². The SMILES string of the molecule is Cc1cc(S(=O)(=O)O)cc(C=Nc2ccccc2N=Cc2cc(S(=O)(=O)O)cc(C)c2O)c1O. The zero-order valence-electron chi connectivity index (χ0n) is 17.9. The molecule has 3 rings (SSSR count). The third-order valence-electron chi connectivity index (χ3n) is 4.77. The zero-order chi connectivity index (χ0) is 25.3. The molecule has 0 aliphatic carbocycles. The summed E-state index contributed by atoms with van der Waals surface area (Å²) in [6.07, 6.45) is 2.40. The Labute approximate surface area is 196 Å². The van der Waals surface area contributed by atoms with Crippen LogP contribution in [0.3, 0.4) is 0 Å². The molecular weight excluding hydrogens is 484 g/mol. The van der Waals surface area contributed by atoms with E-state index in [9.17, 15) is 36.2 Å². The quantitative estimate of drug-likeness (QED) is 0.290. The standard InChI is InChI=1S/C22H20N2O8S2/c1-13-7-17(33(27,28)29)9-15(21(13)25)11-23-19-5-3-4-6-20(19)24-12-16-10-18(34(30,31)32)8-14(2)22(16)26/h3-12,25-26H,1-2H3,(H,27,28,29)(H,30,31,32). The van der Waals surface area contributed by atoms with E-state index in [0.29, 0.717) is 11.4 Å². The van der Waals surface area contributed by atoms with Crippen molar-refractivity contribution >= 4 is 44.0 Å². The van der Waals surface area contributed by atoms with Crippen LogP contribution in [0.4, 0.5) is 11.4 Å². The van der Waals surface area contributed by atoms with Gasteiger partial charge in [-0.25, -0.2) is 0 Å². The van der Waals surface area contributed by atoms with Crippen LogP contribution < -0.4 is 0 Å². The largest absolute Gasteiger partial charge is 0.507 e. The van der Waals surface area contributed by atoms with Crippen molar-refractivity contribution in [3.8, 4) is 11.5 Å². The van der Waals surface area contributed by atoms with E-state index in [0.717, 1.165) is 24.3 Å². The van der Waals surface area contributed by atoms with Crippen molar-refractivity contribution in [2.24, 2.45) is 9.98 Å². The van der Waals surface area contributed by atoms with Gasteiger partial charge in [-0.2, -0.15) is 16.8 Å². The molecule has 3 aromatic carbocycles. The second-order valence-electron chi connectivity index (χ2n) is 7.31. The van der Waals surface area contributed by atoms with Crippen LogP contribution in [0.5, 0.6) is 11.5 Å². The third kappa shape index (κ3) is 5.66. The molecule has 0 bridgehead atoms. The molecular formula is C22H20N2O8S2. The fourth-order valence-corrected chi connectivity index (χ4v) is 4.20. The van der Waals surface area contributed by atoms with Crippen LogP contribution in [-0.4, -0.2) is 48.6 Å². The van der Waals surface area contributed by atoms with E-state index in [2.05, 4.69) is 9.98 Å². The molecule has 0 unspecified atom stereocenters. The number of aryl methyl sites for hydroxylation is 2. The molecule has 178 valence electrons. The lowest BCUT2D eigenvalue weighted by Crippen LogP contribution is -2.00. The number of aromatic hydroxyl groups is 2. The maximum atomic E-state index is 11.5. The second kappa shape index (κ2) is 9.35. The summed E-state index contributed by atoms with van der Waals surface area (Å²) in [6.45, 7) is 2.93. The Kier molecular flexibility index (Phi) is 6.89. The van der Waals surface area contributed by atoms with E-state index < -0.39 is 30.0 Å². The first-order chi connectivity index (χ1) is 15.8. The summed E-state index contributed by atoms with van der Waals surface area (Å²) in [5, 5.41) is 20.5. The van der Waals surface area contributed by atoms with Crippen molar-refractivity contribution in [2.45, 2.75) is 23.6 Å². The normalized spacial score (nSPS) is 12.6.